The van der Waals surface area contributed by atoms with E-state index in [2.05, 4.69) is 10.6 Å². The van der Waals surface area contributed by atoms with Gasteiger partial charge in [0.05, 0.1) is 7.11 Å². The molecule has 1 atom stereocenters. The van der Waals surface area contributed by atoms with Gasteiger partial charge in [0, 0.05) is 36.1 Å². The molecule has 7 heteroatoms. The molecule has 3 rings (SSSR count). The second-order valence-corrected chi connectivity index (χ2v) is 7.90. The molecule has 0 bridgehead atoms. The van der Waals surface area contributed by atoms with Crippen molar-refractivity contribution < 1.29 is 14.3 Å². The van der Waals surface area contributed by atoms with Gasteiger partial charge in [-0.3, -0.25) is 4.79 Å². The molecule has 29 heavy (non-hydrogen) atoms. The Hall–Kier alpha value is -2.67. The molecule has 0 aromatic heterocycles. The Morgan fingerprint density at radius 2 is 2.00 bits per heavy atom. The van der Waals surface area contributed by atoms with Crippen molar-refractivity contribution in [3.8, 4) is 5.75 Å². The molecule has 2 aromatic rings. The maximum Gasteiger partial charge on any atom is 0.319 e. The minimum Gasteiger partial charge on any atom is -0.497 e. The fourth-order valence-corrected chi connectivity index (χ4v) is 3.77. The molecule has 1 saturated heterocycles. The van der Waals surface area contributed by atoms with Crippen molar-refractivity contribution in [2.75, 3.05) is 25.2 Å². The van der Waals surface area contributed by atoms with Crippen molar-refractivity contribution in [2.24, 2.45) is 0 Å². The molecule has 0 saturated carbocycles. The van der Waals surface area contributed by atoms with Gasteiger partial charge in [-0.05, 0) is 61.1 Å². The summed E-state index contributed by atoms with van der Waals surface area (Å²) in [5.41, 5.74) is 1.79. The van der Waals surface area contributed by atoms with Crippen LogP contribution in [0, 0.1) is 0 Å². The van der Waals surface area contributed by atoms with E-state index in [9.17, 15) is 9.59 Å². The first kappa shape index (κ1) is 21.0. The molecular formula is C22H27N3O3S. The fraction of sp³-hybridized carbons (Fsp3) is 0.364. The Labute approximate surface area is 176 Å². The van der Waals surface area contributed by atoms with E-state index in [0.717, 1.165) is 28.3 Å². The lowest BCUT2D eigenvalue weighted by Crippen LogP contribution is -2.38. The number of thioether (sulfide) groups is 1. The number of methoxy groups -OCH3 is 1. The van der Waals surface area contributed by atoms with Crippen LogP contribution >= 0.6 is 11.8 Å². The Bertz CT molecular complexity index is 841. The first-order valence-corrected chi connectivity index (χ1v) is 10.9. The summed E-state index contributed by atoms with van der Waals surface area (Å²) in [5.74, 6) is 0.900. The molecular weight excluding hydrogens is 386 g/mol. The average Bonchev–Trinajstić information content (AvgIpc) is 2.90. The minimum absolute atomic E-state index is 0.0280. The lowest BCUT2D eigenvalue weighted by Gasteiger charge is -2.21. The second-order valence-electron chi connectivity index (χ2n) is 7.02. The van der Waals surface area contributed by atoms with Gasteiger partial charge in [0.1, 0.15) is 5.75 Å². The highest BCUT2D eigenvalue weighted by atomic mass is 32.2. The third-order valence-electron chi connectivity index (χ3n) is 5.00. The molecule has 1 heterocycles. The van der Waals surface area contributed by atoms with Gasteiger partial charge >= 0.3 is 6.03 Å². The summed E-state index contributed by atoms with van der Waals surface area (Å²) in [6.45, 7) is 1.17. The van der Waals surface area contributed by atoms with Gasteiger partial charge in [-0.2, -0.15) is 0 Å². The van der Waals surface area contributed by atoms with Crippen LogP contribution < -0.4 is 15.4 Å². The molecule has 2 aromatic carbocycles. The quantitative estimate of drug-likeness (QED) is 0.699. The monoisotopic (exact) mass is 413 g/mol. The number of amides is 3. The minimum atomic E-state index is -0.236. The first-order valence-electron chi connectivity index (χ1n) is 9.69. The third kappa shape index (κ3) is 6.15. The van der Waals surface area contributed by atoms with Gasteiger partial charge in [0.2, 0.25) is 5.91 Å². The molecule has 6 nitrogen and oxygen atoms in total. The van der Waals surface area contributed by atoms with Crippen molar-refractivity contribution in [1.82, 2.24) is 10.2 Å². The zero-order chi connectivity index (χ0) is 20.6. The molecule has 0 radical (unpaired) electrons. The zero-order valence-electron chi connectivity index (χ0n) is 16.8. The second kappa shape index (κ2) is 10.2. The molecule has 0 spiro atoms. The van der Waals surface area contributed by atoms with Crippen LogP contribution in [0.5, 0.6) is 5.75 Å². The number of nitrogens with zero attached hydrogens (tertiary/aromatic N) is 1. The van der Waals surface area contributed by atoms with E-state index in [1.54, 1.807) is 18.9 Å². The van der Waals surface area contributed by atoms with E-state index in [0.29, 0.717) is 25.9 Å². The predicted octanol–water partition coefficient (Wildman–Crippen LogP) is 4.12. The van der Waals surface area contributed by atoms with Crippen LogP contribution in [0.15, 0.2) is 53.4 Å². The highest BCUT2D eigenvalue weighted by Gasteiger charge is 2.23. The van der Waals surface area contributed by atoms with Gasteiger partial charge < -0.3 is 20.3 Å². The number of likely N-dealkylation sites (tertiary alicyclic amines) is 1. The van der Waals surface area contributed by atoms with Crippen LogP contribution in [0.1, 0.15) is 24.8 Å². The Morgan fingerprint density at radius 1 is 1.21 bits per heavy atom. The largest absolute Gasteiger partial charge is 0.497 e. The summed E-state index contributed by atoms with van der Waals surface area (Å²) in [6, 6.07) is 15.2. The number of hydrogen-bond acceptors (Lipinski definition) is 4. The van der Waals surface area contributed by atoms with Crippen LogP contribution in [0.2, 0.25) is 0 Å². The Balaban J connectivity index is 1.52. The van der Waals surface area contributed by atoms with Crippen LogP contribution in [0.4, 0.5) is 10.5 Å². The number of anilines is 1. The normalized spacial score (nSPS) is 16.8. The zero-order valence-corrected chi connectivity index (χ0v) is 17.6. The molecule has 1 aliphatic heterocycles. The van der Waals surface area contributed by atoms with E-state index < -0.39 is 0 Å². The number of rotatable bonds is 6. The lowest BCUT2D eigenvalue weighted by molar-refractivity contribution is -0.131. The van der Waals surface area contributed by atoms with E-state index in [1.165, 1.54) is 0 Å². The summed E-state index contributed by atoms with van der Waals surface area (Å²) in [7, 11) is 1.63. The topological polar surface area (TPSA) is 70.7 Å². The summed E-state index contributed by atoms with van der Waals surface area (Å²) in [4.78, 5) is 27.9. The van der Waals surface area contributed by atoms with E-state index in [4.69, 9.17) is 4.74 Å². The Morgan fingerprint density at radius 3 is 2.72 bits per heavy atom. The van der Waals surface area contributed by atoms with Crippen molar-refractivity contribution in [3.63, 3.8) is 0 Å². The van der Waals surface area contributed by atoms with Gasteiger partial charge in [-0.1, -0.05) is 12.1 Å². The highest BCUT2D eigenvalue weighted by Crippen LogP contribution is 2.19. The summed E-state index contributed by atoms with van der Waals surface area (Å²) in [6.07, 6.45) is 3.82. The number of hydrogen-bond donors (Lipinski definition) is 2. The molecule has 1 fully saturated rings. The van der Waals surface area contributed by atoms with Gasteiger partial charge in [-0.25, -0.2) is 4.79 Å². The summed E-state index contributed by atoms with van der Waals surface area (Å²) in [5, 5.41) is 5.87. The number of urea groups is 1. The molecule has 1 aliphatic rings. The average molecular weight is 414 g/mol. The van der Waals surface area contributed by atoms with Crippen molar-refractivity contribution in [3.05, 3.63) is 54.1 Å². The van der Waals surface area contributed by atoms with Crippen molar-refractivity contribution in [2.45, 2.75) is 36.7 Å². The number of nitrogens with one attached hydrogen (secondary N) is 2. The van der Waals surface area contributed by atoms with Gasteiger partial charge in [0.15, 0.2) is 0 Å². The lowest BCUT2D eigenvalue weighted by atomic mass is 10.1. The predicted molar refractivity (Wildman–Crippen MR) is 116 cm³/mol. The number of benzene rings is 2. The smallest absolute Gasteiger partial charge is 0.319 e. The number of ether oxygens (including phenoxy) is 1. The Kier molecular flexibility index (Phi) is 7.41. The maximum atomic E-state index is 12.5. The summed E-state index contributed by atoms with van der Waals surface area (Å²) >= 11 is 1.66. The third-order valence-corrected chi connectivity index (χ3v) is 5.74. The standard InChI is InChI=1S/C22H27N3O3S/c1-28-19-5-3-4-16(14-19)15-25-13-12-18(8-11-21(25)26)24-22(27)23-17-6-9-20(29-2)10-7-17/h3-7,9-10,14,18H,8,11-13,15H2,1-2H3,(H2,23,24,27). The molecule has 154 valence electrons. The van der Waals surface area contributed by atoms with Gasteiger partial charge in [0.25, 0.3) is 0 Å². The van der Waals surface area contributed by atoms with Gasteiger partial charge in [-0.15, -0.1) is 11.8 Å². The molecule has 1 unspecified atom stereocenters. The van der Waals surface area contributed by atoms with Crippen LogP contribution in [0.3, 0.4) is 0 Å². The van der Waals surface area contributed by atoms with Crippen LogP contribution in [-0.2, 0) is 11.3 Å². The molecule has 0 aliphatic carbocycles. The molecule has 3 amide bonds. The highest BCUT2D eigenvalue weighted by molar-refractivity contribution is 7.98. The molecule has 2 N–H and O–H groups in total. The SMILES string of the molecule is COc1cccc(CN2CCC(NC(=O)Nc3ccc(SC)cc3)CCC2=O)c1. The number of carbonyl (C=O) groups is 2. The number of carbonyl (C=O) groups excluding carboxylic acids is 2. The van der Waals surface area contributed by atoms with Crippen molar-refractivity contribution in [1.29, 1.82) is 0 Å². The fourth-order valence-electron chi connectivity index (χ4n) is 3.37. The maximum absolute atomic E-state index is 12.5. The van der Waals surface area contributed by atoms with Crippen LogP contribution in [-0.4, -0.2) is 42.8 Å². The van der Waals surface area contributed by atoms with Crippen LogP contribution in [0.25, 0.3) is 0 Å². The van der Waals surface area contributed by atoms with Crippen molar-refractivity contribution >= 4 is 29.4 Å². The van der Waals surface area contributed by atoms with E-state index in [-0.39, 0.29) is 18.0 Å². The summed E-state index contributed by atoms with van der Waals surface area (Å²) < 4.78 is 5.26. The van der Waals surface area contributed by atoms with E-state index in [1.807, 2.05) is 59.7 Å². The van der Waals surface area contributed by atoms with E-state index >= 15 is 0 Å². The first-order chi connectivity index (χ1) is 14.1.